The minimum absolute atomic E-state index is 0.257. The van der Waals surface area contributed by atoms with Crippen LogP contribution in [0.2, 0.25) is 5.02 Å². The van der Waals surface area contributed by atoms with Crippen LogP contribution >= 0.6 is 22.9 Å². The highest BCUT2D eigenvalue weighted by Gasteiger charge is 2.13. The van der Waals surface area contributed by atoms with Crippen LogP contribution in [-0.4, -0.2) is 29.4 Å². The van der Waals surface area contributed by atoms with Crippen LogP contribution in [0.5, 0.6) is 11.5 Å². The number of nitrogens with zero attached hydrogens (tertiary/aromatic N) is 3. The Morgan fingerprint density at radius 1 is 1.04 bits per heavy atom. The lowest BCUT2D eigenvalue weighted by molar-refractivity contribution is 0.356. The molecule has 9 heteroatoms. The quantitative estimate of drug-likeness (QED) is 0.527. The van der Waals surface area contributed by atoms with Gasteiger partial charge in [-0.1, -0.05) is 28.0 Å². The van der Waals surface area contributed by atoms with Crippen molar-refractivity contribution >= 4 is 44.3 Å². The van der Waals surface area contributed by atoms with Crippen LogP contribution in [-0.2, 0) is 0 Å². The first kappa shape index (κ1) is 16.6. The summed E-state index contributed by atoms with van der Waals surface area (Å²) in [5.41, 5.74) is 1.57. The molecule has 26 heavy (non-hydrogen) atoms. The average Bonchev–Trinajstić information content (AvgIpc) is 3.27. The van der Waals surface area contributed by atoms with Crippen LogP contribution in [0.4, 0.5) is 11.1 Å². The molecule has 0 aliphatic rings. The molecular formula is C17H13ClN4O3S. The van der Waals surface area contributed by atoms with Gasteiger partial charge in [-0.3, -0.25) is 5.32 Å². The van der Waals surface area contributed by atoms with Gasteiger partial charge in [0.05, 0.1) is 24.4 Å². The van der Waals surface area contributed by atoms with Crippen molar-refractivity contribution in [2.45, 2.75) is 0 Å². The minimum atomic E-state index is 0.257. The fourth-order valence-corrected chi connectivity index (χ4v) is 3.37. The van der Waals surface area contributed by atoms with Crippen LogP contribution in [0, 0.1) is 0 Å². The summed E-state index contributed by atoms with van der Waals surface area (Å²) in [5.74, 6) is 1.67. The van der Waals surface area contributed by atoms with Crippen molar-refractivity contribution in [2.24, 2.45) is 0 Å². The first-order chi connectivity index (χ1) is 12.7. The van der Waals surface area contributed by atoms with Gasteiger partial charge < -0.3 is 13.9 Å². The number of rotatable bonds is 5. The maximum Gasteiger partial charge on any atom is 0.322 e. The summed E-state index contributed by atoms with van der Waals surface area (Å²) in [6.07, 6.45) is 0. The van der Waals surface area contributed by atoms with Gasteiger partial charge in [0, 0.05) is 22.7 Å². The molecule has 132 valence electrons. The van der Waals surface area contributed by atoms with Crippen LogP contribution < -0.4 is 14.8 Å². The lowest BCUT2D eigenvalue weighted by Crippen LogP contribution is -1.90. The zero-order chi connectivity index (χ0) is 18.1. The van der Waals surface area contributed by atoms with Crippen LogP contribution in [0.3, 0.4) is 0 Å². The van der Waals surface area contributed by atoms with Crippen LogP contribution in [0.15, 0.2) is 40.8 Å². The molecular weight excluding hydrogens is 376 g/mol. The van der Waals surface area contributed by atoms with E-state index in [2.05, 4.69) is 20.5 Å². The molecule has 0 bridgehead atoms. The van der Waals surface area contributed by atoms with Gasteiger partial charge in [-0.2, -0.15) is 0 Å². The van der Waals surface area contributed by atoms with Gasteiger partial charge in [0.2, 0.25) is 5.89 Å². The molecule has 2 aromatic carbocycles. The highest BCUT2D eigenvalue weighted by molar-refractivity contribution is 7.22. The van der Waals surface area contributed by atoms with Gasteiger partial charge in [-0.15, -0.1) is 5.10 Å². The SMILES string of the molecule is COc1cc2nc(Nc3nnc(-c4ccc(Cl)cc4)o3)sc2cc1OC. The van der Waals surface area contributed by atoms with E-state index < -0.39 is 0 Å². The third-order valence-corrected chi connectivity index (χ3v) is 4.81. The summed E-state index contributed by atoms with van der Waals surface area (Å²) in [6, 6.07) is 11.1. The monoisotopic (exact) mass is 388 g/mol. The Morgan fingerprint density at radius 2 is 1.77 bits per heavy atom. The molecule has 2 heterocycles. The van der Waals surface area contributed by atoms with E-state index in [1.165, 1.54) is 11.3 Å². The normalized spacial score (nSPS) is 10.9. The highest BCUT2D eigenvalue weighted by Crippen LogP contribution is 2.37. The maximum atomic E-state index is 5.89. The Kier molecular flexibility index (Phi) is 4.36. The van der Waals surface area contributed by atoms with Crippen molar-refractivity contribution in [3.8, 4) is 23.0 Å². The van der Waals surface area contributed by atoms with Gasteiger partial charge in [0.15, 0.2) is 16.6 Å². The molecule has 4 aromatic rings. The molecule has 7 nitrogen and oxygen atoms in total. The number of anilines is 2. The van der Waals surface area contributed by atoms with Gasteiger partial charge in [-0.25, -0.2) is 4.98 Å². The Labute approximate surface area is 157 Å². The van der Waals surface area contributed by atoms with Gasteiger partial charge in [0.1, 0.15) is 0 Å². The lowest BCUT2D eigenvalue weighted by atomic mass is 10.2. The Bertz CT molecular complexity index is 1020. The molecule has 0 unspecified atom stereocenters. The highest BCUT2D eigenvalue weighted by atomic mass is 35.5. The first-order valence-electron chi connectivity index (χ1n) is 7.55. The van der Waals surface area contributed by atoms with E-state index in [0.29, 0.717) is 27.5 Å². The summed E-state index contributed by atoms with van der Waals surface area (Å²) in [7, 11) is 3.19. The Hall–Kier alpha value is -2.84. The number of methoxy groups -OCH3 is 2. The number of ether oxygens (including phenoxy) is 2. The Morgan fingerprint density at radius 3 is 2.50 bits per heavy atom. The molecule has 0 fully saturated rings. The van der Waals surface area contributed by atoms with E-state index in [1.54, 1.807) is 26.4 Å². The smallest absolute Gasteiger partial charge is 0.322 e. The number of nitrogens with one attached hydrogen (secondary N) is 1. The van der Waals surface area contributed by atoms with Crippen molar-refractivity contribution in [1.82, 2.24) is 15.2 Å². The summed E-state index contributed by atoms with van der Waals surface area (Å²) < 4.78 is 17.2. The van der Waals surface area contributed by atoms with E-state index in [-0.39, 0.29) is 6.01 Å². The second-order valence-electron chi connectivity index (χ2n) is 5.24. The molecule has 1 N–H and O–H groups in total. The number of hydrogen-bond acceptors (Lipinski definition) is 8. The van der Waals surface area contributed by atoms with Crippen molar-refractivity contribution in [3.05, 3.63) is 41.4 Å². The zero-order valence-corrected chi connectivity index (χ0v) is 15.4. The summed E-state index contributed by atoms with van der Waals surface area (Å²) in [5, 5.41) is 12.3. The minimum Gasteiger partial charge on any atom is -0.493 e. The summed E-state index contributed by atoms with van der Waals surface area (Å²) in [6.45, 7) is 0. The number of hydrogen-bond donors (Lipinski definition) is 1. The third kappa shape index (κ3) is 3.16. The number of thiazole rings is 1. The van der Waals surface area contributed by atoms with E-state index in [0.717, 1.165) is 15.8 Å². The molecule has 0 radical (unpaired) electrons. The second-order valence-corrected chi connectivity index (χ2v) is 6.71. The first-order valence-corrected chi connectivity index (χ1v) is 8.75. The molecule has 0 saturated carbocycles. The number of fused-ring (bicyclic) bond motifs is 1. The number of halogens is 1. The fraction of sp³-hybridized carbons (Fsp3) is 0.118. The molecule has 0 atom stereocenters. The van der Waals surface area contributed by atoms with Crippen molar-refractivity contribution in [3.63, 3.8) is 0 Å². The molecule has 0 spiro atoms. The Balaban J connectivity index is 1.60. The maximum absolute atomic E-state index is 5.89. The molecule has 2 aromatic heterocycles. The number of aromatic nitrogens is 3. The summed E-state index contributed by atoms with van der Waals surface area (Å²) >= 11 is 7.33. The van der Waals surface area contributed by atoms with Gasteiger partial charge in [0.25, 0.3) is 0 Å². The zero-order valence-electron chi connectivity index (χ0n) is 13.8. The summed E-state index contributed by atoms with van der Waals surface area (Å²) in [4.78, 5) is 4.51. The van der Waals surface area contributed by atoms with E-state index in [9.17, 15) is 0 Å². The fourth-order valence-electron chi connectivity index (χ4n) is 2.38. The van der Waals surface area contributed by atoms with Crippen LogP contribution in [0.25, 0.3) is 21.7 Å². The predicted molar refractivity (Wildman–Crippen MR) is 101 cm³/mol. The molecule has 0 aliphatic carbocycles. The average molecular weight is 389 g/mol. The lowest BCUT2D eigenvalue weighted by Gasteiger charge is -2.05. The molecule has 4 rings (SSSR count). The van der Waals surface area contributed by atoms with Gasteiger partial charge >= 0.3 is 6.01 Å². The standard InChI is InChI=1S/C17H13ClN4O3S/c1-23-12-7-11-14(8-13(12)24-2)26-17(19-11)20-16-22-21-15(25-16)9-3-5-10(18)6-4-9/h3-8H,1-2H3,(H,19,20,22). The van der Waals surface area contributed by atoms with E-state index in [4.69, 9.17) is 25.5 Å². The van der Waals surface area contributed by atoms with Gasteiger partial charge in [-0.05, 0) is 24.3 Å². The van der Waals surface area contributed by atoms with Crippen molar-refractivity contribution in [1.29, 1.82) is 0 Å². The van der Waals surface area contributed by atoms with Crippen molar-refractivity contribution in [2.75, 3.05) is 19.5 Å². The second kappa shape index (κ2) is 6.81. The molecule has 0 amide bonds. The predicted octanol–water partition coefficient (Wildman–Crippen LogP) is 4.76. The largest absolute Gasteiger partial charge is 0.493 e. The topological polar surface area (TPSA) is 82.3 Å². The number of benzene rings is 2. The third-order valence-electron chi connectivity index (χ3n) is 3.62. The van der Waals surface area contributed by atoms with E-state index >= 15 is 0 Å². The molecule has 0 saturated heterocycles. The van der Waals surface area contributed by atoms with Crippen molar-refractivity contribution < 1.29 is 13.9 Å². The van der Waals surface area contributed by atoms with Crippen LogP contribution in [0.1, 0.15) is 0 Å². The van der Waals surface area contributed by atoms with E-state index in [1.807, 2.05) is 24.3 Å². The molecule has 0 aliphatic heterocycles.